The van der Waals surface area contributed by atoms with E-state index in [1.165, 1.54) is 4.70 Å². The first-order chi connectivity index (χ1) is 8.24. The first-order valence-electron chi connectivity index (χ1n) is 5.77. The minimum absolute atomic E-state index is 0.500. The zero-order valence-corrected chi connectivity index (χ0v) is 11.2. The van der Waals surface area contributed by atoms with Crippen LogP contribution in [-0.2, 0) is 0 Å². The van der Waals surface area contributed by atoms with Crippen molar-refractivity contribution in [3.8, 4) is 0 Å². The molecular formula is C12H14ClN3S. The molecule has 3 rings (SSSR count). The van der Waals surface area contributed by atoms with E-state index in [1.54, 1.807) is 11.3 Å². The molecule has 1 aromatic heterocycles. The Bertz CT molecular complexity index is 540. The van der Waals surface area contributed by atoms with Gasteiger partial charge in [0, 0.05) is 30.7 Å². The summed E-state index contributed by atoms with van der Waals surface area (Å²) in [5.74, 6) is 0. The van der Waals surface area contributed by atoms with Crippen LogP contribution in [0.5, 0.6) is 0 Å². The van der Waals surface area contributed by atoms with Gasteiger partial charge in [0.1, 0.15) is 0 Å². The Morgan fingerprint density at radius 2 is 2.41 bits per heavy atom. The van der Waals surface area contributed by atoms with Crippen LogP contribution in [0.3, 0.4) is 0 Å². The van der Waals surface area contributed by atoms with E-state index in [0.29, 0.717) is 6.04 Å². The van der Waals surface area contributed by atoms with E-state index in [2.05, 4.69) is 22.1 Å². The second kappa shape index (κ2) is 4.44. The van der Waals surface area contributed by atoms with Gasteiger partial charge in [-0.2, -0.15) is 0 Å². The lowest BCUT2D eigenvalue weighted by molar-refractivity contribution is 0.500. The minimum atomic E-state index is 0.500. The minimum Gasteiger partial charge on any atom is -0.343 e. The number of nitrogens with zero attached hydrogens (tertiary/aromatic N) is 2. The molecule has 5 heteroatoms. The Labute approximate surface area is 109 Å². The van der Waals surface area contributed by atoms with E-state index in [-0.39, 0.29) is 0 Å². The van der Waals surface area contributed by atoms with Gasteiger partial charge in [0.25, 0.3) is 0 Å². The molecule has 0 bridgehead atoms. The van der Waals surface area contributed by atoms with Gasteiger partial charge in [0.05, 0.1) is 10.2 Å². The summed E-state index contributed by atoms with van der Waals surface area (Å²) in [5, 5.41) is 5.28. The zero-order valence-electron chi connectivity index (χ0n) is 9.61. The Morgan fingerprint density at radius 1 is 1.53 bits per heavy atom. The van der Waals surface area contributed by atoms with Gasteiger partial charge in [-0.15, -0.1) is 0 Å². The predicted octanol–water partition coefficient (Wildman–Crippen LogP) is 2.75. The van der Waals surface area contributed by atoms with Crippen LogP contribution in [0, 0.1) is 0 Å². The number of hydrogen-bond acceptors (Lipinski definition) is 4. The zero-order chi connectivity index (χ0) is 11.8. The van der Waals surface area contributed by atoms with E-state index in [1.807, 2.05) is 18.2 Å². The summed E-state index contributed by atoms with van der Waals surface area (Å²) in [6.45, 7) is 5.30. The smallest absolute Gasteiger partial charge is 0.186 e. The van der Waals surface area contributed by atoms with Gasteiger partial charge in [0.15, 0.2) is 5.13 Å². The topological polar surface area (TPSA) is 28.2 Å². The van der Waals surface area contributed by atoms with Crippen LogP contribution in [0.2, 0.25) is 5.02 Å². The molecule has 0 spiro atoms. The van der Waals surface area contributed by atoms with E-state index in [0.717, 1.165) is 35.3 Å². The Kier molecular flexibility index (Phi) is 2.94. The molecule has 1 atom stereocenters. The molecule has 2 aromatic rings. The molecule has 1 fully saturated rings. The maximum absolute atomic E-state index is 6.00. The van der Waals surface area contributed by atoms with Crippen molar-refractivity contribution in [2.24, 2.45) is 0 Å². The molecule has 1 aliphatic heterocycles. The van der Waals surface area contributed by atoms with Crippen molar-refractivity contribution in [3.05, 3.63) is 23.2 Å². The lowest BCUT2D eigenvalue weighted by Crippen LogP contribution is -2.49. The molecule has 0 radical (unpaired) electrons. The van der Waals surface area contributed by atoms with Gasteiger partial charge >= 0.3 is 0 Å². The Balaban J connectivity index is 1.99. The van der Waals surface area contributed by atoms with Crippen LogP contribution >= 0.6 is 22.9 Å². The summed E-state index contributed by atoms with van der Waals surface area (Å²) < 4.78 is 1.17. The van der Waals surface area contributed by atoms with Crippen LogP contribution in [-0.4, -0.2) is 30.7 Å². The van der Waals surface area contributed by atoms with E-state index in [4.69, 9.17) is 11.6 Å². The van der Waals surface area contributed by atoms with Crippen molar-refractivity contribution in [3.63, 3.8) is 0 Å². The number of thiazole rings is 1. The van der Waals surface area contributed by atoms with Gasteiger partial charge in [-0.05, 0) is 25.1 Å². The average molecular weight is 268 g/mol. The van der Waals surface area contributed by atoms with Crippen LogP contribution in [0.1, 0.15) is 6.92 Å². The molecule has 1 aliphatic rings. The first kappa shape index (κ1) is 11.3. The summed E-state index contributed by atoms with van der Waals surface area (Å²) in [6, 6.07) is 6.38. The standard InChI is InChI=1S/C12H14ClN3S/c1-8-7-14-4-5-16(8)12-15-10-3-2-9(13)6-11(10)17-12/h2-3,6,8,14H,4-5,7H2,1H3. The molecule has 3 nitrogen and oxygen atoms in total. The molecule has 1 aromatic carbocycles. The van der Waals surface area contributed by atoms with Crippen LogP contribution in [0.25, 0.3) is 10.2 Å². The molecule has 1 saturated heterocycles. The fraction of sp³-hybridized carbons (Fsp3) is 0.417. The Hall–Kier alpha value is -0.840. The van der Waals surface area contributed by atoms with E-state index in [9.17, 15) is 0 Å². The third-order valence-electron chi connectivity index (χ3n) is 3.09. The molecule has 17 heavy (non-hydrogen) atoms. The Morgan fingerprint density at radius 3 is 3.24 bits per heavy atom. The quantitative estimate of drug-likeness (QED) is 0.861. The first-order valence-corrected chi connectivity index (χ1v) is 6.97. The number of piperazine rings is 1. The summed E-state index contributed by atoms with van der Waals surface area (Å²) in [5.41, 5.74) is 1.04. The van der Waals surface area contributed by atoms with Gasteiger partial charge < -0.3 is 10.2 Å². The number of fused-ring (bicyclic) bond motifs is 1. The van der Waals surface area contributed by atoms with Crippen molar-refractivity contribution in [1.82, 2.24) is 10.3 Å². The van der Waals surface area contributed by atoms with Crippen LogP contribution in [0.15, 0.2) is 18.2 Å². The second-order valence-corrected chi connectivity index (χ2v) is 5.80. The SMILES string of the molecule is CC1CNCCN1c1nc2ccc(Cl)cc2s1. The highest BCUT2D eigenvalue weighted by molar-refractivity contribution is 7.22. The number of halogens is 1. The number of nitrogens with one attached hydrogen (secondary N) is 1. The van der Waals surface area contributed by atoms with Crippen LogP contribution < -0.4 is 10.2 Å². The van der Waals surface area contributed by atoms with Gasteiger partial charge in [-0.3, -0.25) is 0 Å². The highest BCUT2D eigenvalue weighted by Gasteiger charge is 2.21. The highest BCUT2D eigenvalue weighted by atomic mass is 35.5. The fourth-order valence-corrected chi connectivity index (χ4v) is 3.50. The molecule has 2 heterocycles. The second-order valence-electron chi connectivity index (χ2n) is 4.36. The maximum atomic E-state index is 6.00. The molecule has 90 valence electrons. The monoisotopic (exact) mass is 267 g/mol. The van der Waals surface area contributed by atoms with Crippen molar-refractivity contribution < 1.29 is 0 Å². The van der Waals surface area contributed by atoms with Gasteiger partial charge in [-0.25, -0.2) is 4.98 Å². The predicted molar refractivity (Wildman–Crippen MR) is 74.3 cm³/mol. The molecule has 1 unspecified atom stereocenters. The fourth-order valence-electron chi connectivity index (χ4n) is 2.13. The van der Waals surface area contributed by atoms with Gasteiger partial charge in [0.2, 0.25) is 0 Å². The normalized spacial score (nSPS) is 21.1. The number of anilines is 1. The lowest BCUT2D eigenvalue weighted by Gasteiger charge is -2.33. The maximum Gasteiger partial charge on any atom is 0.186 e. The average Bonchev–Trinajstić information content (AvgIpc) is 2.72. The molecule has 1 N–H and O–H groups in total. The van der Waals surface area contributed by atoms with E-state index < -0.39 is 0 Å². The molecule has 0 aliphatic carbocycles. The third-order valence-corrected chi connectivity index (χ3v) is 4.38. The van der Waals surface area contributed by atoms with Crippen molar-refractivity contribution in [2.45, 2.75) is 13.0 Å². The number of hydrogen-bond donors (Lipinski definition) is 1. The number of benzene rings is 1. The molecule has 0 saturated carbocycles. The van der Waals surface area contributed by atoms with E-state index >= 15 is 0 Å². The van der Waals surface area contributed by atoms with Crippen molar-refractivity contribution >= 4 is 38.3 Å². The van der Waals surface area contributed by atoms with Gasteiger partial charge in [-0.1, -0.05) is 22.9 Å². The summed E-state index contributed by atoms with van der Waals surface area (Å²) in [4.78, 5) is 7.06. The van der Waals surface area contributed by atoms with Crippen molar-refractivity contribution in [2.75, 3.05) is 24.5 Å². The molecular weight excluding hydrogens is 254 g/mol. The number of aromatic nitrogens is 1. The molecule has 0 amide bonds. The van der Waals surface area contributed by atoms with Crippen LogP contribution in [0.4, 0.5) is 5.13 Å². The third kappa shape index (κ3) is 2.12. The highest BCUT2D eigenvalue weighted by Crippen LogP contribution is 2.31. The van der Waals surface area contributed by atoms with Crippen molar-refractivity contribution in [1.29, 1.82) is 0 Å². The summed E-state index contributed by atoms with van der Waals surface area (Å²) >= 11 is 7.72. The summed E-state index contributed by atoms with van der Waals surface area (Å²) in [6.07, 6.45) is 0. The largest absolute Gasteiger partial charge is 0.343 e. The number of rotatable bonds is 1. The lowest BCUT2D eigenvalue weighted by atomic mass is 10.2. The summed E-state index contributed by atoms with van der Waals surface area (Å²) in [7, 11) is 0.